The molecule has 0 spiro atoms. The Labute approximate surface area is 88.6 Å². The number of hydrogen-bond acceptors (Lipinski definition) is 3. The average Bonchev–Trinajstić information content (AvgIpc) is 2.14. The van der Waals surface area contributed by atoms with Crippen LogP contribution in [0.2, 0.25) is 0 Å². The third-order valence-electron chi connectivity index (χ3n) is 1.74. The van der Waals surface area contributed by atoms with Gasteiger partial charge in [-0.1, -0.05) is 13.3 Å². The summed E-state index contributed by atoms with van der Waals surface area (Å²) in [5.41, 5.74) is 0. The van der Waals surface area contributed by atoms with Crippen molar-refractivity contribution in [1.82, 2.24) is 0 Å². The van der Waals surface area contributed by atoms with Crippen LogP contribution in [0.4, 0.5) is 4.79 Å². The molecule has 0 aliphatic carbocycles. The van der Waals surface area contributed by atoms with Crippen molar-refractivity contribution >= 4 is 27.9 Å². The smallest absolute Gasteiger partial charge is 0.420 e. The number of amides is 1. The predicted molar refractivity (Wildman–Crippen MR) is 56.4 cm³/mol. The van der Waals surface area contributed by atoms with Gasteiger partial charge in [0.25, 0.3) is 0 Å². The lowest BCUT2D eigenvalue weighted by Gasteiger charge is -2.23. The van der Waals surface area contributed by atoms with Gasteiger partial charge in [0.2, 0.25) is 0 Å². The number of ether oxygens (including phenoxy) is 1. The van der Waals surface area contributed by atoms with Crippen LogP contribution in [0.15, 0.2) is 0 Å². The van der Waals surface area contributed by atoms with E-state index in [9.17, 15) is 4.79 Å². The standard InChI is InChI=1S/C8H17ClNO2S/c1-4-6-7-10(3,13-9)8(11)12-5-2/h4-7H2,1-3H3/q+1. The molecule has 0 heterocycles. The topological polar surface area (TPSA) is 26.3 Å². The van der Waals surface area contributed by atoms with E-state index in [1.807, 2.05) is 0 Å². The predicted octanol–water partition coefficient (Wildman–Crippen LogP) is 3.19. The fraction of sp³-hybridized carbons (Fsp3) is 0.875. The maximum Gasteiger partial charge on any atom is 0.528 e. The Morgan fingerprint density at radius 1 is 1.54 bits per heavy atom. The van der Waals surface area contributed by atoms with Gasteiger partial charge in [0.1, 0.15) is 6.54 Å². The number of unbranched alkanes of at least 4 members (excludes halogenated alkanes) is 1. The molecule has 0 aliphatic heterocycles. The lowest BCUT2D eigenvalue weighted by atomic mass is 10.3. The molecule has 0 rings (SSSR count). The molecular weight excluding hydrogens is 210 g/mol. The highest BCUT2D eigenvalue weighted by molar-refractivity contribution is 8.16. The Kier molecular flexibility index (Phi) is 6.55. The summed E-state index contributed by atoms with van der Waals surface area (Å²) in [6, 6.07) is 0. The maximum atomic E-state index is 11.4. The van der Waals surface area contributed by atoms with Gasteiger partial charge in [0.05, 0.1) is 13.7 Å². The molecule has 78 valence electrons. The minimum absolute atomic E-state index is 0.0865. The Hall–Kier alpha value is 0.0700. The quantitative estimate of drug-likeness (QED) is 0.532. The van der Waals surface area contributed by atoms with Crippen molar-refractivity contribution in [3.05, 3.63) is 0 Å². The number of halogens is 1. The number of hydrogen-bond donors (Lipinski definition) is 0. The van der Waals surface area contributed by atoms with Crippen LogP contribution in [0.5, 0.6) is 0 Å². The number of nitrogens with zero attached hydrogens (tertiary/aromatic N) is 1. The number of carbonyl (C=O) groups is 1. The van der Waals surface area contributed by atoms with E-state index in [0.717, 1.165) is 24.0 Å². The summed E-state index contributed by atoms with van der Waals surface area (Å²) in [6.07, 6.45) is 1.75. The fourth-order valence-corrected chi connectivity index (χ4v) is 1.56. The number of carbonyl (C=O) groups excluding carboxylic acids is 1. The molecular formula is C8H17ClNO2S+. The van der Waals surface area contributed by atoms with Gasteiger partial charge in [-0.05, 0) is 13.3 Å². The average molecular weight is 227 g/mol. The second-order valence-electron chi connectivity index (χ2n) is 2.95. The van der Waals surface area contributed by atoms with Crippen LogP contribution in [0.3, 0.4) is 0 Å². The van der Waals surface area contributed by atoms with Crippen molar-refractivity contribution in [2.75, 3.05) is 20.2 Å². The summed E-state index contributed by atoms with van der Waals surface area (Å²) in [5.74, 6) is 0. The Morgan fingerprint density at radius 2 is 2.15 bits per heavy atom. The molecule has 0 aromatic heterocycles. The largest absolute Gasteiger partial charge is 0.528 e. The lowest BCUT2D eigenvalue weighted by Crippen LogP contribution is -2.43. The zero-order valence-electron chi connectivity index (χ0n) is 8.38. The lowest BCUT2D eigenvalue weighted by molar-refractivity contribution is -0.694. The number of rotatable bonds is 5. The van der Waals surface area contributed by atoms with E-state index in [1.54, 1.807) is 14.0 Å². The van der Waals surface area contributed by atoms with Crippen LogP contribution in [-0.2, 0) is 4.74 Å². The second kappa shape index (κ2) is 6.51. The minimum Gasteiger partial charge on any atom is -0.420 e. The third kappa shape index (κ3) is 4.20. The molecule has 0 saturated carbocycles. The van der Waals surface area contributed by atoms with E-state index in [2.05, 4.69) is 6.92 Å². The molecule has 1 amide bonds. The van der Waals surface area contributed by atoms with E-state index in [-0.39, 0.29) is 9.98 Å². The van der Waals surface area contributed by atoms with Gasteiger partial charge in [-0.3, -0.25) is 0 Å². The van der Waals surface area contributed by atoms with Crippen LogP contribution in [-0.4, -0.2) is 30.2 Å². The van der Waals surface area contributed by atoms with Crippen molar-refractivity contribution in [3.8, 4) is 0 Å². The molecule has 1 unspecified atom stereocenters. The van der Waals surface area contributed by atoms with E-state index in [4.69, 9.17) is 15.4 Å². The van der Waals surface area contributed by atoms with Gasteiger partial charge in [0, 0.05) is 10.7 Å². The minimum atomic E-state index is -0.268. The summed E-state index contributed by atoms with van der Waals surface area (Å²) in [5, 5.41) is 0. The molecule has 1 atom stereocenters. The fourth-order valence-electron chi connectivity index (χ4n) is 0.874. The molecule has 3 nitrogen and oxygen atoms in total. The molecule has 0 radical (unpaired) electrons. The third-order valence-corrected chi connectivity index (χ3v) is 3.29. The van der Waals surface area contributed by atoms with Gasteiger partial charge in [-0.2, -0.15) is 8.68 Å². The maximum absolute atomic E-state index is 11.4. The summed E-state index contributed by atoms with van der Waals surface area (Å²) in [6.45, 7) is 4.98. The molecule has 0 N–H and O–H groups in total. The molecule has 0 bridgehead atoms. The molecule has 0 aromatic carbocycles. The van der Waals surface area contributed by atoms with Gasteiger partial charge in [-0.25, -0.2) is 0 Å². The summed E-state index contributed by atoms with van der Waals surface area (Å²) < 4.78 is 5.01. The highest BCUT2D eigenvalue weighted by atomic mass is 35.7. The van der Waals surface area contributed by atoms with E-state index >= 15 is 0 Å². The van der Waals surface area contributed by atoms with Crippen LogP contribution >= 0.6 is 21.8 Å². The summed E-state index contributed by atoms with van der Waals surface area (Å²) in [7, 11) is 7.43. The van der Waals surface area contributed by atoms with Crippen LogP contribution in [0.25, 0.3) is 0 Å². The molecule has 0 aromatic rings. The van der Waals surface area contributed by atoms with E-state index in [0.29, 0.717) is 13.2 Å². The molecule has 0 aliphatic rings. The molecule has 5 heteroatoms. The first kappa shape index (κ1) is 13.1. The van der Waals surface area contributed by atoms with Crippen LogP contribution in [0, 0.1) is 0 Å². The van der Waals surface area contributed by atoms with Gasteiger partial charge in [-0.15, -0.1) is 0 Å². The second-order valence-corrected chi connectivity index (χ2v) is 4.30. The highest BCUT2D eigenvalue weighted by Crippen LogP contribution is 2.26. The Balaban J connectivity index is 4.16. The first-order chi connectivity index (χ1) is 6.10. The van der Waals surface area contributed by atoms with E-state index < -0.39 is 0 Å². The summed E-state index contributed by atoms with van der Waals surface area (Å²) in [4.78, 5) is 11.4. The van der Waals surface area contributed by atoms with Crippen molar-refractivity contribution in [3.63, 3.8) is 0 Å². The number of quaternary nitrogens is 1. The normalized spacial score (nSPS) is 15.1. The van der Waals surface area contributed by atoms with Crippen molar-refractivity contribution in [2.24, 2.45) is 0 Å². The van der Waals surface area contributed by atoms with Crippen molar-refractivity contribution in [1.29, 1.82) is 0 Å². The molecule has 0 fully saturated rings. The van der Waals surface area contributed by atoms with Crippen molar-refractivity contribution in [2.45, 2.75) is 26.7 Å². The van der Waals surface area contributed by atoms with Crippen LogP contribution < -0.4 is 0 Å². The van der Waals surface area contributed by atoms with Gasteiger partial charge < -0.3 is 4.74 Å². The van der Waals surface area contributed by atoms with Crippen molar-refractivity contribution < 1.29 is 13.4 Å². The zero-order chi connectivity index (χ0) is 10.3. The van der Waals surface area contributed by atoms with E-state index in [1.165, 1.54) is 0 Å². The molecule has 0 saturated heterocycles. The zero-order valence-corrected chi connectivity index (χ0v) is 9.95. The first-order valence-corrected chi connectivity index (χ1v) is 6.03. The molecule has 13 heavy (non-hydrogen) atoms. The van der Waals surface area contributed by atoms with Crippen LogP contribution in [0.1, 0.15) is 26.7 Å². The summed E-state index contributed by atoms with van der Waals surface area (Å²) >= 11 is 0.995. The van der Waals surface area contributed by atoms with Gasteiger partial charge in [0.15, 0.2) is 11.2 Å². The first-order valence-electron chi connectivity index (χ1n) is 4.44. The Bertz CT molecular complexity index is 168. The SMILES string of the molecule is CCCC[N+](C)(SCl)C(=O)OCC. The monoisotopic (exact) mass is 226 g/mol. The highest BCUT2D eigenvalue weighted by Gasteiger charge is 2.34. The Morgan fingerprint density at radius 3 is 2.54 bits per heavy atom. The van der Waals surface area contributed by atoms with Gasteiger partial charge >= 0.3 is 6.09 Å².